The number of aromatic nitrogens is 1. The van der Waals surface area contributed by atoms with Crippen LogP contribution in [-0.2, 0) is 13.1 Å². The largest absolute Gasteiger partial charge is 0.494 e. The van der Waals surface area contributed by atoms with Crippen LogP contribution in [0.3, 0.4) is 0 Å². The summed E-state index contributed by atoms with van der Waals surface area (Å²) < 4.78 is 8.60. The average molecular weight is 413 g/mol. The molecule has 1 saturated carbocycles. The van der Waals surface area contributed by atoms with Crippen LogP contribution in [0.15, 0.2) is 24.4 Å². The lowest BCUT2D eigenvalue weighted by Crippen LogP contribution is -2.35. The van der Waals surface area contributed by atoms with Gasteiger partial charge in [-0.15, -0.1) is 0 Å². The number of ether oxygens (including phenoxy) is 1. The van der Waals surface area contributed by atoms with Gasteiger partial charge in [0, 0.05) is 43.3 Å². The van der Waals surface area contributed by atoms with E-state index >= 15 is 0 Å². The maximum Gasteiger partial charge on any atom is 0.120 e. The number of aliphatic hydroxyl groups is 1. The summed E-state index contributed by atoms with van der Waals surface area (Å²) in [5, 5.41) is 11.2. The third kappa shape index (κ3) is 5.59. The van der Waals surface area contributed by atoms with Crippen LogP contribution < -0.4 is 4.74 Å². The van der Waals surface area contributed by atoms with Gasteiger partial charge in [-0.1, -0.05) is 33.1 Å². The molecule has 0 spiro atoms. The summed E-state index contributed by atoms with van der Waals surface area (Å²) in [6.07, 6.45) is 12.1. The zero-order chi connectivity index (χ0) is 20.9. The zero-order valence-corrected chi connectivity index (χ0v) is 19.0. The molecular weight excluding hydrogens is 372 g/mol. The first kappa shape index (κ1) is 21.7. The number of likely N-dealkylation sites (tertiary alicyclic amines) is 1. The molecule has 2 aliphatic rings. The Labute approximate surface area is 182 Å². The van der Waals surface area contributed by atoms with Crippen molar-refractivity contribution in [1.29, 1.82) is 0 Å². The molecule has 4 heteroatoms. The van der Waals surface area contributed by atoms with E-state index in [0.29, 0.717) is 5.92 Å². The molecule has 1 saturated heterocycles. The first-order chi connectivity index (χ1) is 14.6. The minimum absolute atomic E-state index is 0.116. The van der Waals surface area contributed by atoms with Crippen LogP contribution in [0.1, 0.15) is 70.8 Å². The molecule has 2 aromatic rings. The summed E-state index contributed by atoms with van der Waals surface area (Å²) in [6, 6.07) is 6.69. The van der Waals surface area contributed by atoms with Crippen molar-refractivity contribution in [1.82, 2.24) is 9.47 Å². The Bertz CT molecular complexity index is 799. The number of nitrogens with zero attached hydrogens (tertiary/aromatic N) is 2. The van der Waals surface area contributed by atoms with E-state index < -0.39 is 0 Å². The molecule has 4 rings (SSSR count). The summed E-state index contributed by atoms with van der Waals surface area (Å²) in [5.74, 6) is 2.47. The van der Waals surface area contributed by atoms with E-state index in [2.05, 4.69) is 47.7 Å². The second-order valence-corrected chi connectivity index (χ2v) is 10.0. The fourth-order valence-corrected chi connectivity index (χ4v) is 5.10. The minimum atomic E-state index is -0.116. The van der Waals surface area contributed by atoms with Crippen molar-refractivity contribution in [2.24, 2.45) is 11.8 Å². The monoisotopic (exact) mass is 412 g/mol. The summed E-state index contributed by atoms with van der Waals surface area (Å²) in [6.45, 7) is 9.35. The van der Waals surface area contributed by atoms with Crippen molar-refractivity contribution < 1.29 is 9.84 Å². The topological polar surface area (TPSA) is 37.6 Å². The van der Waals surface area contributed by atoms with Gasteiger partial charge in [-0.25, -0.2) is 0 Å². The molecule has 30 heavy (non-hydrogen) atoms. The molecule has 1 aliphatic carbocycles. The lowest BCUT2D eigenvalue weighted by molar-refractivity contribution is 0.0794. The van der Waals surface area contributed by atoms with Gasteiger partial charge in [0.2, 0.25) is 0 Å². The molecule has 0 bridgehead atoms. The van der Waals surface area contributed by atoms with Gasteiger partial charge in [0.15, 0.2) is 0 Å². The number of piperidine rings is 1. The molecule has 1 aliphatic heterocycles. The second kappa shape index (κ2) is 10.2. The fourth-order valence-electron chi connectivity index (χ4n) is 5.10. The van der Waals surface area contributed by atoms with E-state index in [9.17, 15) is 5.11 Å². The fraction of sp³-hybridized carbons (Fsp3) is 0.692. The summed E-state index contributed by atoms with van der Waals surface area (Å²) in [7, 11) is 0. The van der Waals surface area contributed by atoms with Crippen LogP contribution in [0, 0.1) is 11.8 Å². The van der Waals surface area contributed by atoms with E-state index in [0.717, 1.165) is 63.7 Å². The molecule has 0 atom stereocenters. The van der Waals surface area contributed by atoms with Gasteiger partial charge in [-0.05, 0) is 67.7 Å². The van der Waals surface area contributed by atoms with E-state index in [1.807, 2.05) is 0 Å². The number of benzene rings is 1. The SMILES string of the molecule is CC(C)CCOc1ccc2c(c1)c(CN1CCC(O)CC1)cn2CC1CCCCC1. The molecule has 166 valence electrons. The maximum atomic E-state index is 9.86. The Balaban J connectivity index is 1.55. The maximum absolute atomic E-state index is 9.86. The van der Waals surface area contributed by atoms with Crippen molar-refractivity contribution >= 4 is 10.9 Å². The van der Waals surface area contributed by atoms with Crippen molar-refractivity contribution in [3.8, 4) is 5.75 Å². The highest BCUT2D eigenvalue weighted by Gasteiger charge is 2.21. The molecule has 2 fully saturated rings. The highest BCUT2D eigenvalue weighted by molar-refractivity contribution is 5.85. The van der Waals surface area contributed by atoms with Gasteiger partial charge in [-0.2, -0.15) is 0 Å². The van der Waals surface area contributed by atoms with Crippen LogP contribution in [0.2, 0.25) is 0 Å². The summed E-state index contributed by atoms with van der Waals surface area (Å²) in [5.41, 5.74) is 2.76. The molecule has 0 amide bonds. The Kier molecular flexibility index (Phi) is 7.37. The van der Waals surface area contributed by atoms with Gasteiger partial charge >= 0.3 is 0 Å². The number of hydrogen-bond acceptors (Lipinski definition) is 3. The van der Waals surface area contributed by atoms with Crippen LogP contribution >= 0.6 is 0 Å². The normalized spacial score (nSPS) is 19.7. The molecule has 0 unspecified atom stereocenters. The molecule has 1 aromatic carbocycles. The Hall–Kier alpha value is -1.52. The quantitative estimate of drug-likeness (QED) is 0.613. The third-order valence-electron chi connectivity index (χ3n) is 7.03. The Morgan fingerprint density at radius 2 is 1.83 bits per heavy atom. The van der Waals surface area contributed by atoms with Crippen LogP contribution in [0.5, 0.6) is 5.75 Å². The summed E-state index contributed by atoms with van der Waals surface area (Å²) in [4.78, 5) is 2.50. The Morgan fingerprint density at radius 1 is 1.07 bits per heavy atom. The van der Waals surface area contributed by atoms with Gasteiger partial charge < -0.3 is 14.4 Å². The average Bonchev–Trinajstić information content (AvgIpc) is 3.07. The van der Waals surface area contributed by atoms with E-state index in [1.165, 1.54) is 48.6 Å². The molecule has 0 radical (unpaired) electrons. The van der Waals surface area contributed by atoms with Crippen molar-refractivity contribution in [2.45, 2.75) is 84.4 Å². The molecule has 1 N–H and O–H groups in total. The summed E-state index contributed by atoms with van der Waals surface area (Å²) >= 11 is 0. The zero-order valence-electron chi connectivity index (χ0n) is 19.0. The number of fused-ring (bicyclic) bond motifs is 1. The van der Waals surface area contributed by atoms with E-state index in [4.69, 9.17) is 4.74 Å². The molecule has 2 heterocycles. The molecular formula is C26H40N2O2. The molecule has 1 aromatic heterocycles. The Morgan fingerprint density at radius 3 is 2.57 bits per heavy atom. The van der Waals surface area contributed by atoms with E-state index in [1.54, 1.807) is 0 Å². The second-order valence-electron chi connectivity index (χ2n) is 10.0. The van der Waals surface area contributed by atoms with Crippen LogP contribution in [-0.4, -0.2) is 40.4 Å². The highest BCUT2D eigenvalue weighted by atomic mass is 16.5. The number of rotatable bonds is 8. The first-order valence-corrected chi connectivity index (χ1v) is 12.2. The molecule has 4 nitrogen and oxygen atoms in total. The standard InChI is InChI=1S/C26H40N2O2/c1-20(2)12-15-30-24-8-9-26-25(16-24)22(18-27-13-10-23(29)11-14-27)19-28(26)17-21-6-4-3-5-7-21/h8-9,16,19-21,23,29H,3-7,10-15,17-18H2,1-2H3. The number of hydrogen-bond donors (Lipinski definition) is 1. The number of aliphatic hydroxyl groups excluding tert-OH is 1. The lowest BCUT2D eigenvalue weighted by atomic mass is 9.89. The van der Waals surface area contributed by atoms with Crippen LogP contribution in [0.25, 0.3) is 10.9 Å². The van der Waals surface area contributed by atoms with Gasteiger partial charge in [0.25, 0.3) is 0 Å². The van der Waals surface area contributed by atoms with Crippen molar-refractivity contribution in [3.63, 3.8) is 0 Å². The van der Waals surface area contributed by atoms with Gasteiger partial charge in [0.05, 0.1) is 12.7 Å². The van der Waals surface area contributed by atoms with Crippen LogP contribution in [0.4, 0.5) is 0 Å². The van der Waals surface area contributed by atoms with Gasteiger partial charge in [0.1, 0.15) is 5.75 Å². The minimum Gasteiger partial charge on any atom is -0.494 e. The van der Waals surface area contributed by atoms with E-state index in [-0.39, 0.29) is 6.10 Å². The first-order valence-electron chi connectivity index (χ1n) is 12.2. The predicted octanol–water partition coefficient (Wildman–Crippen LogP) is 5.60. The highest BCUT2D eigenvalue weighted by Crippen LogP contribution is 2.31. The predicted molar refractivity (Wildman–Crippen MR) is 124 cm³/mol. The van der Waals surface area contributed by atoms with Gasteiger partial charge in [-0.3, -0.25) is 4.90 Å². The third-order valence-corrected chi connectivity index (χ3v) is 7.03. The lowest BCUT2D eigenvalue weighted by Gasteiger charge is -2.29. The van der Waals surface area contributed by atoms with Crippen molar-refractivity contribution in [2.75, 3.05) is 19.7 Å². The smallest absolute Gasteiger partial charge is 0.120 e. The van der Waals surface area contributed by atoms with Crippen molar-refractivity contribution in [3.05, 3.63) is 30.0 Å².